The van der Waals surface area contributed by atoms with Crippen LogP contribution in [-0.2, 0) is 4.79 Å². The number of ether oxygens (including phenoxy) is 1. The van der Waals surface area contributed by atoms with Crippen molar-refractivity contribution in [2.24, 2.45) is 0 Å². The molecule has 0 aromatic heterocycles. The Kier molecular flexibility index (Phi) is 6.72. The summed E-state index contributed by atoms with van der Waals surface area (Å²) in [4.78, 5) is 24.6. The van der Waals surface area contributed by atoms with Gasteiger partial charge in [-0.15, -0.1) is 0 Å². The van der Waals surface area contributed by atoms with Crippen LogP contribution in [0.2, 0.25) is 0 Å². The van der Waals surface area contributed by atoms with Crippen LogP contribution in [0.3, 0.4) is 0 Å². The summed E-state index contributed by atoms with van der Waals surface area (Å²) in [5.74, 6) is -0.579. The number of carboxylic acids is 1. The second-order valence-electron chi connectivity index (χ2n) is 4.90. The minimum absolute atomic E-state index is 0.302. The molecule has 0 saturated carbocycles. The minimum atomic E-state index is -0.993. The fraction of sp³-hybridized carbons (Fsp3) is 0.500. The molecule has 0 saturated heterocycles. The first-order chi connectivity index (χ1) is 10.0. The molecular weight excluding hydrogens is 270 g/mol. The molecule has 0 aliphatic rings. The van der Waals surface area contributed by atoms with Crippen molar-refractivity contribution in [2.45, 2.75) is 39.2 Å². The summed E-state index contributed by atoms with van der Waals surface area (Å²) in [6.07, 6.45) is 2.42. The molecule has 1 aromatic carbocycles. The highest BCUT2D eigenvalue weighted by Crippen LogP contribution is 2.15. The predicted octanol–water partition coefficient (Wildman–Crippen LogP) is 2.80. The number of nitrogens with zero attached hydrogens (tertiary/aromatic N) is 1. The van der Waals surface area contributed by atoms with Crippen molar-refractivity contribution < 1.29 is 19.4 Å². The molecule has 21 heavy (non-hydrogen) atoms. The van der Waals surface area contributed by atoms with Gasteiger partial charge in [0.15, 0.2) is 0 Å². The minimum Gasteiger partial charge on any atom is -0.494 e. The van der Waals surface area contributed by atoms with Gasteiger partial charge in [-0.05, 0) is 37.1 Å². The number of carboxylic acid groups (broad SMARTS) is 1. The lowest BCUT2D eigenvalue weighted by Crippen LogP contribution is -2.41. The Hall–Kier alpha value is -2.04. The van der Waals surface area contributed by atoms with Crippen molar-refractivity contribution >= 4 is 11.9 Å². The molecule has 5 nitrogen and oxygen atoms in total. The van der Waals surface area contributed by atoms with Crippen LogP contribution >= 0.6 is 0 Å². The lowest BCUT2D eigenvalue weighted by molar-refractivity contribution is -0.142. The molecule has 0 aliphatic carbocycles. The van der Waals surface area contributed by atoms with E-state index in [1.807, 2.05) is 0 Å². The SMILES string of the molecule is CCCCOc1ccc(C(=O)N(C)C(CC)C(=O)O)cc1. The molecule has 1 aromatic rings. The van der Waals surface area contributed by atoms with Crippen molar-refractivity contribution in [1.29, 1.82) is 0 Å². The third kappa shape index (κ3) is 4.77. The van der Waals surface area contributed by atoms with E-state index in [2.05, 4.69) is 6.92 Å². The highest BCUT2D eigenvalue weighted by atomic mass is 16.5. The predicted molar refractivity (Wildman–Crippen MR) is 80.7 cm³/mol. The largest absolute Gasteiger partial charge is 0.494 e. The molecule has 1 amide bonds. The Bertz CT molecular complexity index is 470. The molecule has 0 fully saturated rings. The fourth-order valence-electron chi connectivity index (χ4n) is 1.99. The average Bonchev–Trinajstić information content (AvgIpc) is 2.47. The molecule has 116 valence electrons. The van der Waals surface area contributed by atoms with Crippen LogP contribution in [0.1, 0.15) is 43.5 Å². The van der Waals surface area contributed by atoms with Crippen molar-refractivity contribution in [3.8, 4) is 5.75 Å². The Labute approximate surface area is 125 Å². The first kappa shape index (κ1) is 17.0. The molecule has 0 radical (unpaired) electrons. The van der Waals surface area contributed by atoms with Gasteiger partial charge in [-0.3, -0.25) is 4.79 Å². The van der Waals surface area contributed by atoms with Gasteiger partial charge in [0.05, 0.1) is 6.61 Å². The maximum Gasteiger partial charge on any atom is 0.326 e. The molecule has 1 rings (SSSR count). The van der Waals surface area contributed by atoms with Gasteiger partial charge in [0, 0.05) is 12.6 Å². The number of hydrogen-bond donors (Lipinski definition) is 1. The van der Waals surface area contributed by atoms with Crippen molar-refractivity contribution in [3.05, 3.63) is 29.8 Å². The van der Waals surface area contributed by atoms with Crippen LogP contribution in [0, 0.1) is 0 Å². The van der Waals surface area contributed by atoms with E-state index in [1.54, 1.807) is 31.2 Å². The Morgan fingerprint density at radius 3 is 2.33 bits per heavy atom. The number of aliphatic carboxylic acids is 1. The number of benzene rings is 1. The monoisotopic (exact) mass is 293 g/mol. The fourth-order valence-corrected chi connectivity index (χ4v) is 1.99. The lowest BCUT2D eigenvalue weighted by atomic mass is 10.1. The summed E-state index contributed by atoms with van der Waals surface area (Å²) in [7, 11) is 1.51. The molecule has 1 N–H and O–H groups in total. The zero-order chi connectivity index (χ0) is 15.8. The van der Waals surface area contributed by atoms with Gasteiger partial charge in [-0.25, -0.2) is 4.79 Å². The van der Waals surface area contributed by atoms with E-state index in [4.69, 9.17) is 9.84 Å². The normalized spacial score (nSPS) is 11.8. The number of carbonyl (C=O) groups is 2. The van der Waals surface area contributed by atoms with Gasteiger partial charge in [0.1, 0.15) is 11.8 Å². The molecule has 5 heteroatoms. The quantitative estimate of drug-likeness (QED) is 0.748. The van der Waals surface area contributed by atoms with E-state index in [1.165, 1.54) is 11.9 Å². The van der Waals surface area contributed by atoms with E-state index in [9.17, 15) is 9.59 Å². The van der Waals surface area contributed by atoms with Gasteiger partial charge >= 0.3 is 5.97 Å². The number of likely N-dealkylation sites (N-methyl/N-ethyl adjacent to an activating group) is 1. The molecule has 1 unspecified atom stereocenters. The Morgan fingerprint density at radius 2 is 1.86 bits per heavy atom. The highest BCUT2D eigenvalue weighted by Gasteiger charge is 2.25. The summed E-state index contributed by atoms with van der Waals surface area (Å²) in [5, 5.41) is 9.09. The van der Waals surface area contributed by atoms with Gasteiger partial charge in [-0.1, -0.05) is 20.3 Å². The zero-order valence-corrected chi connectivity index (χ0v) is 12.8. The molecule has 0 aliphatic heterocycles. The number of unbranched alkanes of at least 4 members (excludes halogenated alkanes) is 1. The summed E-state index contributed by atoms with van der Waals surface area (Å²) >= 11 is 0. The summed E-state index contributed by atoms with van der Waals surface area (Å²) in [6, 6.07) is 5.98. The van der Waals surface area contributed by atoms with Crippen molar-refractivity contribution in [3.63, 3.8) is 0 Å². The Balaban J connectivity index is 2.72. The van der Waals surface area contributed by atoms with Crippen LogP contribution in [0.25, 0.3) is 0 Å². The van der Waals surface area contributed by atoms with Crippen LogP contribution in [0.5, 0.6) is 5.75 Å². The van der Waals surface area contributed by atoms with E-state index >= 15 is 0 Å². The van der Waals surface area contributed by atoms with E-state index in [0.717, 1.165) is 12.8 Å². The topological polar surface area (TPSA) is 66.8 Å². The van der Waals surface area contributed by atoms with Gasteiger partial charge in [0.25, 0.3) is 5.91 Å². The molecule has 0 spiro atoms. The van der Waals surface area contributed by atoms with E-state index in [-0.39, 0.29) is 5.91 Å². The number of rotatable bonds is 8. The molecule has 0 heterocycles. The van der Waals surface area contributed by atoms with Crippen LogP contribution in [0.4, 0.5) is 0 Å². The molecular formula is C16H23NO4. The first-order valence-electron chi connectivity index (χ1n) is 7.24. The molecule has 0 bridgehead atoms. The van der Waals surface area contributed by atoms with Gasteiger partial charge < -0.3 is 14.7 Å². The summed E-state index contributed by atoms with van der Waals surface area (Å²) in [5.41, 5.74) is 0.458. The maximum atomic E-state index is 12.2. The second-order valence-corrected chi connectivity index (χ2v) is 4.90. The van der Waals surface area contributed by atoms with E-state index in [0.29, 0.717) is 24.3 Å². The number of amides is 1. The molecule has 1 atom stereocenters. The van der Waals surface area contributed by atoms with E-state index < -0.39 is 12.0 Å². The van der Waals surface area contributed by atoms with Crippen molar-refractivity contribution in [1.82, 2.24) is 4.90 Å². The van der Waals surface area contributed by atoms with Crippen LogP contribution in [0.15, 0.2) is 24.3 Å². The lowest BCUT2D eigenvalue weighted by Gasteiger charge is -2.23. The Morgan fingerprint density at radius 1 is 1.24 bits per heavy atom. The number of hydrogen-bond acceptors (Lipinski definition) is 3. The highest BCUT2D eigenvalue weighted by molar-refractivity contribution is 5.96. The number of carbonyl (C=O) groups excluding carboxylic acids is 1. The average molecular weight is 293 g/mol. The standard InChI is InChI=1S/C16H23NO4/c1-4-6-11-21-13-9-7-12(8-10-13)15(18)17(3)14(5-2)16(19)20/h7-10,14H,4-6,11H2,1-3H3,(H,19,20). The third-order valence-corrected chi connectivity index (χ3v) is 3.33. The first-order valence-corrected chi connectivity index (χ1v) is 7.24. The zero-order valence-electron chi connectivity index (χ0n) is 12.8. The van der Waals surface area contributed by atoms with Gasteiger partial charge in [0.2, 0.25) is 0 Å². The summed E-state index contributed by atoms with van der Waals surface area (Å²) < 4.78 is 5.53. The second kappa shape index (κ2) is 8.29. The van der Waals surface area contributed by atoms with Crippen LogP contribution < -0.4 is 4.74 Å². The third-order valence-electron chi connectivity index (χ3n) is 3.33. The smallest absolute Gasteiger partial charge is 0.326 e. The maximum absolute atomic E-state index is 12.2. The van der Waals surface area contributed by atoms with Crippen molar-refractivity contribution in [2.75, 3.05) is 13.7 Å². The summed E-state index contributed by atoms with van der Waals surface area (Å²) in [6.45, 7) is 4.49. The van der Waals surface area contributed by atoms with Gasteiger partial charge in [-0.2, -0.15) is 0 Å². The van der Waals surface area contributed by atoms with Crippen LogP contribution in [-0.4, -0.2) is 41.6 Å².